The molecule has 0 atom stereocenters. The van der Waals surface area contributed by atoms with Gasteiger partial charge in [-0.25, -0.2) is 16.8 Å². The van der Waals surface area contributed by atoms with Crippen LogP contribution in [0, 0.1) is 11.8 Å². The molecule has 0 aromatic heterocycles. The molecule has 4 rings (SSSR count). The number of nitrogens with two attached hydrogens (primary N) is 1. The van der Waals surface area contributed by atoms with Crippen LogP contribution in [0.3, 0.4) is 0 Å². The fourth-order valence-corrected chi connectivity index (χ4v) is 7.33. The summed E-state index contributed by atoms with van der Waals surface area (Å²) < 4.78 is 53.6. The highest BCUT2D eigenvalue weighted by atomic mass is 35.5. The van der Waals surface area contributed by atoms with Crippen molar-refractivity contribution in [3.63, 3.8) is 0 Å². The molecule has 4 N–H and O–H groups in total. The Morgan fingerprint density at radius 3 is 2.14 bits per heavy atom. The molecule has 236 valence electrons. The topological polar surface area (TPSA) is 142 Å². The second kappa shape index (κ2) is 15.7. The molecule has 2 aromatic rings. The third-order valence-corrected chi connectivity index (χ3v) is 11.2. The van der Waals surface area contributed by atoms with Gasteiger partial charge < -0.3 is 16.4 Å². The normalized spacial score (nSPS) is 16.5. The molecule has 1 saturated heterocycles. The van der Waals surface area contributed by atoms with Gasteiger partial charge in [0.1, 0.15) is 0 Å². The summed E-state index contributed by atoms with van der Waals surface area (Å²) >= 11 is 0. The van der Waals surface area contributed by atoms with Crippen LogP contribution in [0.4, 0.5) is 11.4 Å². The Balaban J connectivity index is 0.00000308. The summed E-state index contributed by atoms with van der Waals surface area (Å²) in [7, 11) is -5.83. The molecular weight excluding hydrogens is 621 g/mol. The Morgan fingerprint density at radius 1 is 0.976 bits per heavy atom. The van der Waals surface area contributed by atoms with Gasteiger partial charge in [-0.2, -0.15) is 4.31 Å². The zero-order chi connectivity index (χ0) is 28.9. The van der Waals surface area contributed by atoms with E-state index < -0.39 is 26.0 Å². The van der Waals surface area contributed by atoms with Gasteiger partial charge >= 0.3 is 0 Å². The zero-order valence-corrected chi connectivity index (χ0v) is 27.4. The lowest BCUT2D eigenvalue weighted by molar-refractivity contribution is 0.102. The number of sulfonamides is 2. The lowest BCUT2D eigenvalue weighted by Crippen LogP contribution is -2.41. The highest BCUT2D eigenvalue weighted by Crippen LogP contribution is 2.39. The number of rotatable bonds is 12. The van der Waals surface area contributed by atoms with Crippen LogP contribution in [-0.2, 0) is 26.6 Å². The SMILES string of the molecule is CN(c1ccc(CNCCCN)cc1C(=O)Nc1ccc(S(=O)(=O)N2CCC(C3CCC3)CC2)cc1)S(C)(=O)=O.Cl.Cl. The molecule has 2 aliphatic rings. The first-order chi connectivity index (χ1) is 19.0. The van der Waals surface area contributed by atoms with Crippen molar-refractivity contribution in [2.24, 2.45) is 17.6 Å². The predicted molar refractivity (Wildman–Crippen MR) is 173 cm³/mol. The minimum atomic E-state index is -3.62. The second-order valence-corrected chi connectivity index (χ2v) is 14.8. The average Bonchev–Trinajstić information content (AvgIpc) is 2.90. The maximum atomic E-state index is 13.3. The number of carbonyl (C=O) groups is 1. The van der Waals surface area contributed by atoms with Crippen molar-refractivity contribution in [2.45, 2.75) is 50.0 Å². The van der Waals surface area contributed by atoms with Crippen LogP contribution in [0.15, 0.2) is 47.4 Å². The highest BCUT2D eigenvalue weighted by Gasteiger charge is 2.34. The maximum Gasteiger partial charge on any atom is 0.257 e. The van der Waals surface area contributed by atoms with E-state index in [0.717, 1.165) is 47.8 Å². The van der Waals surface area contributed by atoms with Gasteiger partial charge in [-0.15, -0.1) is 24.8 Å². The van der Waals surface area contributed by atoms with Crippen LogP contribution in [-0.4, -0.2) is 66.5 Å². The summed E-state index contributed by atoms with van der Waals surface area (Å²) in [5.41, 5.74) is 7.20. The van der Waals surface area contributed by atoms with Crippen molar-refractivity contribution in [1.82, 2.24) is 9.62 Å². The summed E-state index contributed by atoms with van der Waals surface area (Å²) in [5.74, 6) is 0.895. The molecule has 1 aliphatic heterocycles. The summed E-state index contributed by atoms with van der Waals surface area (Å²) in [5, 5.41) is 6.05. The number of nitrogens with zero attached hydrogens (tertiary/aromatic N) is 2. The van der Waals surface area contributed by atoms with E-state index in [4.69, 9.17) is 5.73 Å². The van der Waals surface area contributed by atoms with Gasteiger partial charge in [0.05, 0.1) is 22.4 Å². The fourth-order valence-electron chi connectivity index (χ4n) is 5.34. The number of carbonyl (C=O) groups excluding carboxylic acids is 1. The maximum absolute atomic E-state index is 13.3. The number of halogens is 2. The minimum Gasteiger partial charge on any atom is -0.330 e. The molecule has 2 fully saturated rings. The number of amides is 1. The number of benzene rings is 2. The van der Waals surface area contributed by atoms with Crippen LogP contribution in [0.1, 0.15) is 54.4 Å². The van der Waals surface area contributed by atoms with Gasteiger partial charge in [0.2, 0.25) is 20.0 Å². The van der Waals surface area contributed by atoms with Gasteiger partial charge in [-0.05, 0) is 86.1 Å². The standard InChI is InChI=1S/C28H41N5O5S2.2ClH/c1-32(39(2,35)36)27-12-7-21(20-30-16-4-15-29)19-26(27)28(34)31-24-8-10-25(11-9-24)40(37,38)33-17-13-23(14-18-33)22-5-3-6-22;;/h7-12,19,22-23,30H,3-6,13-18,20,29H2,1-2H3,(H,31,34);2*1H. The van der Waals surface area contributed by atoms with Crippen LogP contribution >= 0.6 is 24.8 Å². The van der Waals surface area contributed by atoms with Gasteiger partial charge in [0.25, 0.3) is 5.91 Å². The summed E-state index contributed by atoms with van der Waals surface area (Å²) in [6.07, 6.45) is 7.53. The van der Waals surface area contributed by atoms with E-state index in [1.54, 1.807) is 34.6 Å². The molecule has 0 radical (unpaired) electrons. The molecule has 1 amide bonds. The van der Waals surface area contributed by atoms with E-state index >= 15 is 0 Å². The molecule has 42 heavy (non-hydrogen) atoms. The zero-order valence-electron chi connectivity index (χ0n) is 24.1. The first-order valence-corrected chi connectivity index (χ1v) is 17.2. The quantitative estimate of drug-likeness (QED) is 0.293. The van der Waals surface area contributed by atoms with Gasteiger partial charge in [-0.1, -0.05) is 25.3 Å². The molecule has 2 aromatic carbocycles. The number of anilines is 2. The van der Waals surface area contributed by atoms with Crippen molar-refractivity contribution in [2.75, 3.05) is 49.1 Å². The molecule has 1 heterocycles. The first-order valence-electron chi connectivity index (χ1n) is 13.9. The van der Waals surface area contributed by atoms with E-state index in [2.05, 4.69) is 10.6 Å². The molecule has 14 heteroatoms. The monoisotopic (exact) mass is 663 g/mol. The number of nitrogens with one attached hydrogen (secondary N) is 2. The number of hydrogen-bond acceptors (Lipinski definition) is 7. The number of hydrogen-bond donors (Lipinski definition) is 3. The lowest BCUT2D eigenvalue weighted by Gasteiger charge is -2.39. The van der Waals surface area contributed by atoms with Crippen LogP contribution in [0.25, 0.3) is 0 Å². The van der Waals surface area contributed by atoms with E-state index in [-0.39, 0.29) is 41.0 Å². The Bertz CT molecular complexity index is 1400. The third kappa shape index (κ3) is 8.81. The molecular formula is C28H43Cl2N5O5S2. The summed E-state index contributed by atoms with van der Waals surface area (Å²) in [6, 6.07) is 11.2. The van der Waals surface area contributed by atoms with E-state index in [9.17, 15) is 21.6 Å². The molecule has 1 saturated carbocycles. The molecule has 0 spiro atoms. The Morgan fingerprint density at radius 2 is 1.60 bits per heavy atom. The second-order valence-electron chi connectivity index (χ2n) is 10.8. The molecule has 0 bridgehead atoms. The van der Waals surface area contributed by atoms with Crippen molar-refractivity contribution in [1.29, 1.82) is 0 Å². The third-order valence-electron chi connectivity index (χ3n) is 8.09. The average molecular weight is 665 g/mol. The molecule has 1 aliphatic carbocycles. The Labute approximate surface area is 262 Å². The van der Waals surface area contributed by atoms with E-state index in [0.29, 0.717) is 37.8 Å². The minimum absolute atomic E-state index is 0. The van der Waals surface area contributed by atoms with Crippen molar-refractivity contribution >= 4 is 62.1 Å². The Kier molecular flexibility index (Phi) is 13.5. The van der Waals surface area contributed by atoms with E-state index in [1.165, 1.54) is 38.4 Å². The first kappa shape index (κ1) is 36.3. The van der Waals surface area contributed by atoms with Crippen molar-refractivity contribution in [3.05, 3.63) is 53.6 Å². The largest absolute Gasteiger partial charge is 0.330 e. The van der Waals surface area contributed by atoms with E-state index in [1.807, 2.05) is 0 Å². The highest BCUT2D eigenvalue weighted by molar-refractivity contribution is 7.92. The van der Waals surface area contributed by atoms with Crippen LogP contribution < -0.4 is 20.7 Å². The van der Waals surface area contributed by atoms with Crippen molar-refractivity contribution < 1.29 is 21.6 Å². The van der Waals surface area contributed by atoms with Gasteiger partial charge in [0.15, 0.2) is 0 Å². The summed E-state index contributed by atoms with van der Waals surface area (Å²) in [4.78, 5) is 13.5. The smallest absolute Gasteiger partial charge is 0.257 e. The summed E-state index contributed by atoms with van der Waals surface area (Å²) in [6.45, 7) is 2.86. The van der Waals surface area contributed by atoms with Crippen molar-refractivity contribution in [3.8, 4) is 0 Å². The predicted octanol–water partition coefficient (Wildman–Crippen LogP) is 3.82. The number of piperidine rings is 1. The lowest BCUT2D eigenvalue weighted by atomic mass is 9.72. The van der Waals surface area contributed by atoms with Gasteiger partial charge in [-0.3, -0.25) is 9.10 Å². The fraction of sp³-hybridized carbons (Fsp3) is 0.536. The molecule has 0 unspecified atom stereocenters. The Hall–Kier alpha value is -1.93. The van der Waals surface area contributed by atoms with Crippen LogP contribution in [0.5, 0.6) is 0 Å². The van der Waals surface area contributed by atoms with Crippen LogP contribution in [0.2, 0.25) is 0 Å². The van der Waals surface area contributed by atoms with Gasteiger partial charge in [0, 0.05) is 32.4 Å². The molecule has 10 nitrogen and oxygen atoms in total.